The number of carbonyl (C=O) groups is 2. The van der Waals surface area contributed by atoms with Crippen LogP contribution in [0.5, 0.6) is 0 Å². The Labute approximate surface area is 120 Å². The molecule has 0 spiro atoms. The van der Waals surface area contributed by atoms with E-state index in [2.05, 4.69) is 29.2 Å². The molecule has 0 aromatic heterocycles. The molecule has 1 aromatic carbocycles. The van der Waals surface area contributed by atoms with Gasteiger partial charge in [0.25, 0.3) is 0 Å². The van der Waals surface area contributed by atoms with Gasteiger partial charge < -0.3 is 4.79 Å². The van der Waals surface area contributed by atoms with Crippen LogP contribution in [0.15, 0.2) is 30.3 Å². The molecule has 0 radical (unpaired) electrons. The van der Waals surface area contributed by atoms with E-state index < -0.39 is 0 Å². The van der Waals surface area contributed by atoms with Crippen LogP contribution in [0.25, 0.3) is 0 Å². The number of hydrogen-bond acceptors (Lipinski definition) is 3. The molecular weight excluding hydrogens is 250 g/mol. The van der Waals surface area contributed by atoms with Gasteiger partial charge in [0.1, 0.15) is 12.1 Å². The third kappa shape index (κ3) is 2.55. The van der Waals surface area contributed by atoms with Gasteiger partial charge in [0.2, 0.25) is 0 Å². The highest BCUT2D eigenvalue weighted by Gasteiger charge is 2.46. The molecule has 1 saturated heterocycles. The molecule has 2 fully saturated rings. The fourth-order valence-electron chi connectivity index (χ4n) is 3.76. The van der Waals surface area contributed by atoms with Crippen LogP contribution >= 0.6 is 0 Å². The summed E-state index contributed by atoms with van der Waals surface area (Å²) in [5.74, 6) is 0.609. The van der Waals surface area contributed by atoms with Crippen molar-refractivity contribution in [3.8, 4) is 0 Å². The molecule has 1 heterocycles. The standard InChI is InChI=1S/C17H21NO2/c19-13-17-8-6-16(20)10-15(17)7-9-18(12-17)11-14-4-2-1-3-5-14/h1-5,13,15H,6-12H2/t15-,17+/m1/s1. The van der Waals surface area contributed by atoms with Gasteiger partial charge in [0, 0.05) is 31.3 Å². The summed E-state index contributed by atoms with van der Waals surface area (Å²) in [6.45, 7) is 2.70. The van der Waals surface area contributed by atoms with Crippen LogP contribution in [0.2, 0.25) is 0 Å². The maximum Gasteiger partial charge on any atom is 0.133 e. The Balaban J connectivity index is 1.72. The van der Waals surface area contributed by atoms with Gasteiger partial charge in [0.05, 0.1) is 0 Å². The molecule has 0 unspecified atom stereocenters. The van der Waals surface area contributed by atoms with Crippen LogP contribution in [0, 0.1) is 11.3 Å². The monoisotopic (exact) mass is 271 g/mol. The van der Waals surface area contributed by atoms with Crippen molar-refractivity contribution in [2.75, 3.05) is 13.1 Å². The molecule has 0 N–H and O–H groups in total. The third-order valence-electron chi connectivity index (χ3n) is 4.95. The van der Waals surface area contributed by atoms with E-state index in [9.17, 15) is 9.59 Å². The van der Waals surface area contributed by atoms with E-state index in [0.29, 0.717) is 18.6 Å². The van der Waals surface area contributed by atoms with Crippen LogP contribution in [-0.4, -0.2) is 30.1 Å². The second-order valence-corrected chi connectivity index (χ2v) is 6.28. The third-order valence-corrected chi connectivity index (χ3v) is 4.95. The molecule has 3 rings (SSSR count). The minimum atomic E-state index is -0.277. The number of aldehydes is 1. The first-order valence-electron chi connectivity index (χ1n) is 7.46. The summed E-state index contributed by atoms with van der Waals surface area (Å²) in [5, 5.41) is 0. The van der Waals surface area contributed by atoms with Gasteiger partial charge >= 0.3 is 0 Å². The Morgan fingerprint density at radius 2 is 2.10 bits per heavy atom. The van der Waals surface area contributed by atoms with Crippen molar-refractivity contribution in [3.63, 3.8) is 0 Å². The number of benzene rings is 1. The van der Waals surface area contributed by atoms with Gasteiger partial charge in [-0.3, -0.25) is 9.69 Å². The van der Waals surface area contributed by atoms with Crippen molar-refractivity contribution >= 4 is 12.1 Å². The highest BCUT2D eigenvalue weighted by Crippen LogP contribution is 2.44. The normalized spacial score (nSPS) is 30.8. The van der Waals surface area contributed by atoms with Crippen molar-refractivity contribution in [1.29, 1.82) is 0 Å². The number of nitrogens with zero attached hydrogens (tertiary/aromatic N) is 1. The number of piperidine rings is 1. The highest BCUT2D eigenvalue weighted by molar-refractivity contribution is 5.81. The number of fused-ring (bicyclic) bond motifs is 1. The zero-order chi connectivity index (χ0) is 14.0. The van der Waals surface area contributed by atoms with Gasteiger partial charge in [-0.25, -0.2) is 0 Å². The van der Waals surface area contributed by atoms with Crippen molar-refractivity contribution in [3.05, 3.63) is 35.9 Å². The molecule has 1 aliphatic carbocycles. The number of likely N-dealkylation sites (tertiary alicyclic amines) is 1. The van der Waals surface area contributed by atoms with E-state index in [1.807, 2.05) is 6.07 Å². The maximum atomic E-state index is 11.7. The minimum absolute atomic E-state index is 0.272. The Morgan fingerprint density at radius 1 is 1.30 bits per heavy atom. The topological polar surface area (TPSA) is 37.4 Å². The van der Waals surface area contributed by atoms with Crippen LogP contribution in [0.1, 0.15) is 31.2 Å². The first-order chi connectivity index (χ1) is 9.72. The van der Waals surface area contributed by atoms with E-state index in [1.54, 1.807) is 0 Å². The summed E-state index contributed by atoms with van der Waals surface area (Å²) in [6, 6.07) is 10.4. The molecule has 1 aromatic rings. The molecule has 106 valence electrons. The molecule has 3 heteroatoms. The maximum absolute atomic E-state index is 11.7. The van der Waals surface area contributed by atoms with Crippen molar-refractivity contribution in [2.45, 2.75) is 32.2 Å². The summed E-state index contributed by atoms with van der Waals surface area (Å²) in [7, 11) is 0. The molecule has 0 amide bonds. The molecular formula is C17H21NO2. The smallest absolute Gasteiger partial charge is 0.133 e. The lowest BCUT2D eigenvalue weighted by molar-refractivity contribution is -0.135. The lowest BCUT2D eigenvalue weighted by Gasteiger charge is -2.47. The Morgan fingerprint density at radius 3 is 2.85 bits per heavy atom. The van der Waals surface area contributed by atoms with Gasteiger partial charge in [-0.15, -0.1) is 0 Å². The zero-order valence-corrected chi connectivity index (χ0v) is 11.8. The van der Waals surface area contributed by atoms with E-state index in [4.69, 9.17) is 0 Å². The minimum Gasteiger partial charge on any atom is -0.303 e. The van der Waals surface area contributed by atoms with E-state index in [0.717, 1.165) is 38.8 Å². The van der Waals surface area contributed by atoms with Crippen LogP contribution in [0.3, 0.4) is 0 Å². The summed E-state index contributed by atoms with van der Waals surface area (Å²) in [5.41, 5.74) is 1.01. The molecule has 0 bridgehead atoms. The Kier molecular flexibility index (Phi) is 3.70. The fourth-order valence-corrected chi connectivity index (χ4v) is 3.76. The Hall–Kier alpha value is -1.48. The fraction of sp³-hybridized carbons (Fsp3) is 0.529. The molecule has 20 heavy (non-hydrogen) atoms. The largest absolute Gasteiger partial charge is 0.303 e. The molecule has 3 nitrogen and oxygen atoms in total. The van der Waals surface area contributed by atoms with E-state index >= 15 is 0 Å². The number of carbonyl (C=O) groups excluding carboxylic acids is 2. The lowest BCUT2D eigenvalue weighted by Crippen LogP contribution is -2.52. The number of ketones is 1. The Bertz CT molecular complexity index is 499. The van der Waals surface area contributed by atoms with Gasteiger partial charge in [-0.05, 0) is 30.9 Å². The molecule has 1 saturated carbocycles. The summed E-state index contributed by atoms with van der Waals surface area (Å²) >= 11 is 0. The second kappa shape index (κ2) is 5.49. The summed E-state index contributed by atoms with van der Waals surface area (Å²) in [4.78, 5) is 25.7. The zero-order valence-electron chi connectivity index (χ0n) is 11.8. The average Bonchev–Trinajstić information content (AvgIpc) is 2.49. The quantitative estimate of drug-likeness (QED) is 0.792. The first kappa shape index (κ1) is 13.5. The predicted octanol–water partition coefficient (Wildman–Crippen LogP) is 2.45. The van der Waals surface area contributed by atoms with Gasteiger partial charge in [-0.2, -0.15) is 0 Å². The predicted molar refractivity (Wildman–Crippen MR) is 77.2 cm³/mol. The summed E-state index contributed by atoms with van der Waals surface area (Å²) < 4.78 is 0. The first-order valence-corrected chi connectivity index (χ1v) is 7.46. The number of rotatable bonds is 3. The molecule has 1 aliphatic heterocycles. The number of hydrogen-bond donors (Lipinski definition) is 0. The van der Waals surface area contributed by atoms with E-state index in [-0.39, 0.29) is 11.3 Å². The van der Waals surface area contributed by atoms with Crippen LogP contribution in [-0.2, 0) is 16.1 Å². The lowest BCUT2D eigenvalue weighted by atomic mass is 9.63. The molecule has 2 atom stereocenters. The van der Waals surface area contributed by atoms with Crippen LogP contribution < -0.4 is 0 Å². The highest BCUT2D eigenvalue weighted by atomic mass is 16.1. The van der Waals surface area contributed by atoms with Crippen molar-refractivity contribution < 1.29 is 9.59 Å². The average molecular weight is 271 g/mol. The van der Waals surface area contributed by atoms with Gasteiger partial charge in [0.15, 0.2) is 0 Å². The van der Waals surface area contributed by atoms with E-state index in [1.165, 1.54) is 5.56 Å². The second-order valence-electron chi connectivity index (χ2n) is 6.28. The number of Topliss-reactive ketones (excluding diaryl/α,β-unsaturated/α-hetero) is 1. The van der Waals surface area contributed by atoms with Crippen LogP contribution in [0.4, 0.5) is 0 Å². The molecule has 2 aliphatic rings. The van der Waals surface area contributed by atoms with Crippen molar-refractivity contribution in [2.24, 2.45) is 11.3 Å². The summed E-state index contributed by atoms with van der Waals surface area (Å²) in [6.07, 6.45) is 4.04. The van der Waals surface area contributed by atoms with Gasteiger partial charge in [-0.1, -0.05) is 30.3 Å². The SMILES string of the molecule is O=C[C@@]12CCC(=O)C[C@H]1CCN(Cc1ccccc1)C2. The van der Waals surface area contributed by atoms with Crippen molar-refractivity contribution in [1.82, 2.24) is 4.90 Å².